The van der Waals surface area contributed by atoms with Crippen molar-refractivity contribution in [2.75, 3.05) is 6.54 Å². The second kappa shape index (κ2) is 8.50. The highest BCUT2D eigenvalue weighted by Crippen LogP contribution is 2.35. The van der Waals surface area contributed by atoms with Gasteiger partial charge in [-0.05, 0) is 24.5 Å². The van der Waals surface area contributed by atoms with E-state index in [2.05, 4.69) is 31.2 Å². The average molecular weight is 359 g/mol. The second-order valence-electron chi connectivity index (χ2n) is 6.80. The summed E-state index contributed by atoms with van der Waals surface area (Å²) >= 11 is 0. The van der Waals surface area contributed by atoms with Crippen LogP contribution in [0.4, 0.5) is 0 Å². The van der Waals surface area contributed by atoms with Crippen LogP contribution in [0.25, 0.3) is 0 Å². The van der Waals surface area contributed by atoms with Crippen molar-refractivity contribution in [2.24, 2.45) is 11.7 Å². The first-order chi connectivity index (χ1) is 11.6. The molecule has 0 saturated carbocycles. The quantitative estimate of drug-likeness (QED) is 0.892. The van der Waals surface area contributed by atoms with Crippen LogP contribution < -0.4 is 5.73 Å². The SMILES string of the molecule is CC(C(=O)N1CCC(c2ccccc2)C1C)C(N)c1ccccc1.Cl. The van der Waals surface area contributed by atoms with E-state index in [0.717, 1.165) is 18.5 Å². The number of likely N-dealkylation sites (tertiary alicyclic amines) is 1. The van der Waals surface area contributed by atoms with Gasteiger partial charge in [-0.25, -0.2) is 0 Å². The Morgan fingerprint density at radius 1 is 1.08 bits per heavy atom. The first-order valence-corrected chi connectivity index (χ1v) is 8.75. The zero-order valence-corrected chi connectivity index (χ0v) is 15.7. The zero-order chi connectivity index (χ0) is 17.1. The van der Waals surface area contributed by atoms with Gasteiger partial charge in [-0.1, -0.05) is 67.6 Å². The molecule has 2 N–H and O–H groups in total. The summed E-state index contributed by atoms with van der Waals surface area (Å²) in [6, 6.07) is 20.3. The number of carbonyl (C=O) groups excluding carboxylic acids is 1. The molecule has 2 aromatic rings. The largest absolute Gasteiger partial charge is 0.339 e. The molecule has 1 saturated heterocycles. The zero-order valence-electron chi connectivity index (χ0n) is 14.8. The summed E-state index contributed by atoms with van der Waals surface area (Å²) in [6.07, 6.45) is 1.02. The van der Waals surface area contributed by atoms with Crippen molar-refractivity contribution in [2.45, 2.75) is 38.3 Å². The van der Waals surface area contributed by atoms with Crippen LogP contribution in [-0.2, 0) is 4.79 Å². The lowest BCUT2D eigenvalue weighted by Gasteiger charge is -2.30. The molecule has 134 valence electrons. The Labute approximate surface area is 156 Å². The molecule has 3 rings (SSSR count). The van der Waals surface area contributed by atoms with E-state index in [-0.39, 0.29) is 36.3 Å². The van der Waals surface area contributed by atoms with E-state index in [1.807, 2.05) is 48.2 Å². The molecule has 2 aromatic carbocycles. The summed E-state index contributed by atoms with van der Waals surface area (Å²) < 4.78 is 0. The minimum absolute atomic E-state index is 0. The number of rotatable bonds is 4. The Morgan fingerprint density at radius 2 is 1.64 bits per heavy atom. The summed E-state index contributed by atoms with van der Waals surface area (Å²) in [4.78, 5) is 15.0. The molecule has 3 nitrogen and oxygen atoms in total. The van der Waals surface area contributed by atoms with Gasteiger partial charge < -0.3 is 10.6 Å². The van der Waals surface area contributed by atoms with E-state index < -0.39 is 0 Å². The topological polar surface area (TPSA) is 46.3 Å². The number of nitrogens with two attached hydrogens (primary N) is 1. The van der Waals surface area contributed by atoms with Crippen LogP contribution in [0.3, 0.4) is 0 Å². The average Bonchev–Trinajstić information content (AvgIpc) is 3.02. The Balaban J connectivity index is 0.00000225. The number of nitrogens with zero attached hydrogens (tertiary/aromatic N) is 1. The van der Waals surface area contributed by atoms with E-state index in [0.29, 0.717) is 5.92 Å². The summed E-state index contributed by atoms with van der Waals surface area (Å²) in [5, 5.41) is 0. The third-order valence-corrected chi connectivity index (χ3v) is 5.38. The number of benzene rings is 2. The molecule has 1 heterocycles. The normalized spacial score (nSPS) is 22.1. The smallest absolute Gasteiger partial charge is 0.227 e. The molecule has 1 fully saturated rings. The van der Waals surface area contributed by atoms with Gasteiger partial charge in [0.2, 0.25) is 5.91 Å². The molecule has 4 atom stereocenters. The first-order valence-electron chi connectivity index (χ1n) is 8.75. The maximum absolute atomic E-state index is 13.0. The Morgan fingerprint density at radius 3 is 2.24 bits per heavy atom. The highest BCUT2D eigenvalue weighted by molar-refractivity contribution is 5.85. The van der Waals surface area contributed by atoms with Crippen LogP contribution in [0.5, 0.6) is 0 Å². The van der Waals surface area contributed by atoms with Crippen molar-refractivity contribution in [3.63, 3.8) is 0 Å². The van der Waals surface area contributed by atoms with Crippen LogP contribution in [0.15, 0.2) is 60.7 Å². The highest BCUT2D eigenvalue weighted by Gasteiger charge is 2.37. The van der Waals surface area contributed by atoms with Crippen molar-refractivity contribution in [3.8, 4) is 0 Å². The highest BCUT2D eigenvalue weighted by atomic mass is 35.5. The molecule has 1 aliphatic rings. The van der Waals surface area contributed by atoms with Gasteiger partial charge in [-0.2, -0.15) is 0 Å². The molecule has 1 amide bonds. The summed E-state index contributed by atoms with van der Waals surface area (Å²) in [6.45, 7) is 4.91. The van der Waals surface area contributed by atoms with Crippen molar-refractivity contribution in [1.29, 1.82) is 0 Å². The Bertz CT molecular complexity index is 677. The molecule has 0 aliphatic carbocycles. The van der Waals surface area contributed by atoms with Gasteiger partial charge in [0.25, 0.3) is 0 Å². The lowest BCUT2D eigenvalue weighted by Crippen LogP contribution is -2.42. The van der Waals surface area contributed by atoms with Gasteiger partial charge in [0.05, 0.1) is 5.92 Å². The third-order valence-electron chi connectivity index (χ3n) is 5.38. The Hall–Kier alpha value is -1.84. The van der Waals surface area contributed by atoms with E-state index in [1.54, 1.807) is 0 Å². The van der Waals surface area contributed by atoms with Gasteiger partial charge in [0, 0.05) is 24.5 Å². The standard InChI is InChI=1S/C21H26N2O.ClH/c1-15(20(22)18-11-7-4-8-12-18)21(24)23-14-13-19(16(23)2)17-9-5-3-6-10-17;/h3-12,15-16,19-20H,13-14,22H2,1-2H3;1H. The monoisotopic (exact) mass is 358 g/mol. The fourth-order valence-corrected chi connectivity index (χ4v) is 3.78. The van der Waals surface area contributed by atoms with Gasteiger partial charge in [-0.3, -0.25) is 4.79 Å². The predicted octanol–water partition coefficient (Wildman–Crippen LogP) is 4.15. The van der Waals surface area contributed by atoms with Gasteiger partial charge in [0.1, 0.15) is 0 Å². The van der Waals surface area contributed by atoms with Crippen LogP contribution in [0, 0.1) is 5.92 Å². The van der Waals surface area contributed by atoms with Crippen molar-refractivity contribution in [3.05, 3.63) is 71.8 Å². The lowest BCUT2D eigenvalue weighted by atomic mass is 9.91. The number of hydrogen-bond acceptors (Lipinski definition) is 2. The van der Waals surface area contributed by atoms with E-state index >= 15 is 0 Å². The number of amides is 1. The van der Waals surface area contributed by atoms with Gasteiger partial charge in [0.15, 0.2) is 0 Å². The van der Waals surface area contributed by atoms with E-state index in [1.165, 1.54) is 5.56 Å². The minimum atomic E-state index is -0.262. The van der Waals surface area contributed by atoms with Crippen LogP contribution in [-0.4, -0.2) is 23.4 Å². The molecule has 4 unspecified atom stereocenters. The molecule has 0 spiro atoms. The Kier molecular flexibility index (Phi) is 6.63. The van der Waals surface area contributed by atoms with Crippen molar-refractivity contribution in [1.82, 2.24) is 4.90 Å². The maximum atomic E-state index is 13.0. The third kappa shape index (κ3) is 4.05. The van der Waals surface area contributed by atoms with Gasteiger partial charge in [-0.15, -0.1) is 12.4 Å². The number of hydrogen-bond donors (Lipinski definition) is 1. The minimum Gasteiger partial charge on any atom is -0.339 e. The van der Waals surface area contributed by atoms with E-state index in [9.17, 15) is 4.79 Å². The predicted molar refractivity (Wildman–Crippen MR) is 105 cm³/mol. The van der Waals surface area contributed by atoms with Crippen LogP contribution >= 0.6 is 12.4 Å². The fraction of sp³-hybridized carbons (Fsp3) is 0.381. The molecular weight excluding hydrogens is 332 g/mol. The summed E-state index contributed by atoms with van der Waals surface area (Å²) in [5.41, 5.74) is 8.69. The molecule has 25 heavy (non-hydrogen) atoms. The van der Waals surface area contributed by atoms with Crippen LogP contribution in [0.1, 0.15) is 43.4 Å². The molecule has 0 aromatic heterocycles. The molecule has 0 radical (unpaired) electrons. The van der Waals surface area contributed by atoms with Crippen LogP contribution in [0.2, 0.25) is 0 Å². The van der Waals surface area contributed by atoms with Gasteiger partial charge >= 0.3 is 0 Å². The van der Waals surface area contributed by atoms with Crippen molar-refractivity contribution >= 4 is 18.3 Å². The molecule has 1 aliphatic heterocycles. The lowest BCUT2D eigenvalue weighted by molar-refractivity contribution is -0.136. The van der Waals surface area contributed by atoms with Crippen molar-refractivity contribution < 1.29 is 4.79 Å². The molecule has 4 heteroatoms. The second-order valence-corrected chi connectivity index (χ2v) is 6.80. The molecular formula is C21H27ClN2O. The van der Waals surface area contributed by atoms with E-state index in [4.69, 9.17) is 5.73 Å². The summed E-state index contributed by atoms with van der Waals surface area (Å²) in [7, 11) is 0. The fourth-order valence-electron chi connectivity index (χ4n) is 3.78. The maximum Gasteiger partial charge on any atom is 0.227 e. The number of carbonyl (C=O) groups is 1. The first kappa shape index (κ1) is 19.5. The molecule has 0 bridgehead atoms. The summed E-state index contributed by atoms with van der Waals surface area (Å²) in [5.74, 6) is 0.358. The number of halogens is 1.